The number of anilines is 2. The number of hydrogen-bond donors (Lipinski definition) is 1. The molecule has 0 aromatic heterocycles. The topological polar surface area (TPSA) is 41.7 Å². The van der Waals surface area contributed by atoms with Crippen LogP contribution in [0, 0.1) is 5.82 Å². The van der Waals surface area contributed by atoms with Gasteiger partial charge >= 0.3 is 0 Å². The average Bonchev–Trinajstić information content (AvgIpc) is 2.38. The standard InChI is InChI=1S/C14H22FN3O/c1-17-6-4-5-10(9-17)18(2)13-8-14(19-3)11(15)7-12(13)16/h7-8,10H,4-6,9,16H2,1-3H3. The Labute approximate surface area is 113 Å². The van der Waals surface area contributed by atoms with E-state index in [9.17, 15) is 4.39 Å². The molecule has 0 bridgehead atoms. The minimum absolute atomic E-state index is 0.236. The number of nitrogens with two attached hydrogens (primary N) is 1. The monoisotopic (exact) mass is 267 g/mol. The van der Waals surface area contributed by atoms with E-state index in [2.05, 4.69) is 16.8 Å². The molecule has 1 aliphatic heterocycles. The van der Waals surface area contributed by atoms with Crippen molar-refractivity contribution in [3.63, 3.8) is 0 Å². The van der Waals surface area contributed by atoms with E-state index in [0.29, 0.717) is 11.7 Å². The van der Waals surface area contributed by atoms with Crippen LogP contribution >= 0.6 is 0 Å². The van der Waals surface area contributed by atoms with Gasteiger partial charge in [-0.25, -0.2) is 4.39 Å². The van der Waals surface area contributed by atoms with E-state index in [1.54, 1.807) is 6.07 Å². The summed E-state index contributed by atoms with van der Waals surface area (Å²) in [7, 11) is 5.59. The molecule has 0 spiro atoms. The Morgan fingerprint density at radius 3 is 2.84 bits per heavy atom. The molecule has 19 heavy (non-hydrogen) atoms. The molecule has 0 aliphatic carbocycles. The number of benzene rings is 1. The zero-order valence-electron chi connectivity index (χ0n) is 11.8. The number of likely N-dealkylation sites (tertiary alicyclic amines) is 1. The fraction of sp³-hybridized carbons (Fsp3) is 0.571. The molecule has 1 fully saturated rings. The van der Waals surface area contributed by atoms with Gasteiger partial charge in [0.25, 0.3) is 0 Å². The molecule has 5 heteroatoms. The van der Waals surface area contributed by atoms with Crippen molar-refractivity contribution in [3.05, 3.63) is 17.9 Å². The van der Waals surface area contributed by atoms with Gasteiger partial charge in [0.05, 0.1) is 18.5 Å². The predicted octanol–water partition coefficient (Wildman–Crippen LogP) is 1.95. The summed E-state index contributed by atoms with van der Waals surface area (Å²) in [4.78, 5) is 4.44. The number of nitrogen functional groups attached to an aromatic ring is 1. The largest absolute Gasteiger partial charge is 0.494 e. The maximum atomic E-state index is 13.6. The minimum Gasteiger partial charge on any atom is -0.494 e. The van der Waals surface area contributed by atoms with Crippen LogP contribution in [-0.2, 0) is 0 Å². The number of rotatable bonds is 3. The van der Waals surface area contributed by atoms with Gasteiger partial charge in [0.1, 0.15) is 0 Å². The van der Waals surface area contributed by atoms with Gasteiger partial charge in [-0.05, 0) is 26.4 Å². The van der Waals surface area contributed by atoms with Crippen molar-refractivity contribution in [2.24, 2.45) is 0 Å². The van der Waals surface area contributed by atoms with Crippen molar-refractivity contribution >= 4 is 11.4 Å². The van der Waals surface area contributed by atoms with Crippen LogP contribution in [0.4, 0.5) is 15.8 Å². The quantitative estimate of drug-likeness (QED) is 0.850. The van der Waals surface area contributed by atoms with Crippen molar-refractivity contribution < 1.29 is 9.13 Å². The smallest absolute Gasteiger partial charge is 0.167 e. The Kier molecular flexibility index (Phi) is 4.14. The van der Waals surface area contributed by atoms with E-state index in [4.69, 9.17) is 10.5 Å². The SMILES string of the molecule is COc1cc(N(C)C2CCCN(C)C2)c(N)cc1F. The highest BCUT2D eigenvalue weighted by Crippen LogP contribution is 2.32. The van der Waals surface area contributed by atoms with E-state index in [1.165, 1.54) is 19.6 Å². The van der Waals surface area contributed by atoms with Gasteiger partial charge in [-0.2, -0.15) is 0 Å². The lowest BCUT2D eigenvalue weighted by molar-refractivity contribution is 0.248. The van der Waals surface area contributed by atoms with E-state index in [1.807, 2.05) is 7.05 Å². The molecule has 1 heterocycles. The molecule has 0 amide bonds. The summed E-state index contributed by atoms with van der Waals surface area (Å²) in [5, 5.41) is 0. The molecule has 2 rings (SSSR count). The van der Waals surface area contributed by atoms with Crippen LogP contribution in [-0.4, -0.2) is 45.2 Å². The highest BCUT2D eigenvalue weighted by molar-refractivity contribution is 5.70. The number of nitrogens with zero attached hydrogens (tertiary/aromatic N) is 2. The van der Waals surface area contributed by atoms with Gasteiger partial charge < -0.3 is 20.3 Å². The van der Waals surface area contributed by atoms with Crippen molar-refractivity contribution in [1.29, 1.82) is 0 Å². The Balaban J connectivity index is 2.25. The molecule has 2 N–H and O–H groups in total. The summed E-state index contributed by atoms with van der Waals surface area (Å²) in [6.45, 7) is 2.13. The Hall–Kier alpha value is -1.49. The molecule has 0 saturated carbocycles. The van der Waals surface area contributed by atoms with Crippen LogP contribution in [0.1, 0.15) is 12.8 Å². The zero-order valence-corrected chi connectivity index (χ0v) is 11.8. The average molecular weight is 267 g/mol. The highest BCUT2D eigenvalue weighted by Gasteiger charge is 2.23. The van der Waals surface area contributed by atoms with Crippen molar-refractivity contribution in [1.82, 2.24) is 4.90 Å². The Morgan fingerprint density at radius 2 is 2.21 bits per heavy atom. The number of hydrogen-bond acceptors (Lipinski definition) is 4. The van der Waals surface area contributed by atoms with Gasteiger partial charge in [0.2, 0.25) is 0 Å². The molecule has 1 aliphatic rings. The third-order valence-corrected chi connectivity index (χ3v) is 3.83. The molecule has 0 radical (unpaired) electrons. The number of methoxy groups -OCH3 is 1. The highest BCUT2D eigenvalue weighted by atomic mass is 19.1. The minimum atomic E-state index is -0.419. The third kappa shape index (κ3) is 2.92. The second kappa shape index (κ2) is 5.65. The summed E-state index contributed by atoms with van der Waals surface area (Å²) in [6, 6.07) is 3.41. The molecule has 1 aromatic rings. The number of piperidine rings is 1. The van der Waals surface area contributed by atoms with Crippen molar-refractivity contribution in [3.8, 4) is 5.75 Å². The molecule has 1 saturated heterocycles. The molecule has 106 valence electrons. The first-order valence-corrected chi connectivity index (χ1v) is 6.57. The van der Waals surface area contributed by atoms with Crippen LogP contribution in [0.15, 0.2) is 12.1 Å². The third-order valence-electron chi connectivity index (χ3n) is 3.83. The van der Waals surface area contributed by atoms with Gasteiger partial charge in [-0.15, -0.1) is 0 Å². The summed E-state index contributed by atoms with van der Waals surface area (Å²) in [5.41, 5.74) is 7.22. The van der Waals surface area contributed by atoms with Gasteiger partial charge in [-0.1, -0.05) is 0 Å². The zero-order chi connectivity index (χ0) is 14.0. The van der Waals surface area contributed by atoms with Crippen LogP contribution in [0.3, 0.4) is 0 Å². The Morgan fingerprint density at radius 1 is 1.47 bits per heavy atom. The normalized spacial score (nSPS) is 20.3. The molecular weight excluding hydrogens is 245 g/mol. The molecule has 1 unspecified atom stereocenters. The molecular formula is C14H22FN3O. The fourth-order valence-corrected chi connectivity index (χ4v) is 2.67. The number of ether oxygens (including phenoxy) is 1. The van der Waals surface area contributed by atoms with Crippen LogP contribution in [0.5, 0.6) is 5.75 Å². The van der Waals surface area contributed by atoms with Crippen LogP contribution in [0.25, 0.3) is 0 Å². The molecule has 4 nitrogen and oxygen atoms in total. The number of likely N-dealkylation sites (N-methyl/N-ethyl adjacent to an activating group) is 2. The van der Waals surface area contributed by atoms with Gasteiger partial charge in [0, 0.05) is 31.8 Å². The first kappa shape index (κ1) is 13.9. The second-order valence-corrected chi connectivity index (χ2v) is 5.21. The summed E-state index contributed by atoms with van der Waals surface area (Å²) < 4.78 is 18.6. The maximum absolute atomic E-state index is 13.6. The second-order valence-electron chi connectivity index (χ2n) is 5.21. The lowest BCUT2D eigenvalue weighted by Crippen LogP contribution is -2.45. The lowest BCUT2D eigenvalue weighted by Gasteiger charge is -2.37. The maximum Gasteiger partial charge on any atom is 0.167 e. The summed E-state index contributed by atoms with van der Waals surface area (Å²) >= 11 is 0. The molecule has 1 aromatic carbocycles. The Bertz CT molecular complexity index is 453. The van der Waals surface area contributed by atoms with E-state index >= 15 is 0 Å². The van der Waals surface area contributed by atoms with Gasteiger partial charge in [0.15, 0.2) is 11.6 Å². The first-order valence-electron chi connectivity index (χ1n) is 6.57. The fourth-order valence-electron chi connectivity index (χ4n) is 2.67. The lowest BCUT2D eigenvalue weighted by atomic mass is 10.0. The predicted molar refractivity (Wildman–Crippen MR) is 76.3 cm³/mol. The first-order chi connectivity index (χ1) is 9.02. The van der Waals surface area contributed by atoms with Gasteiger partial charge in [-0.3, -0.25) is 0 Å². The summed E-state index contributed by atoms with van der Waals surface area (Å²) in [6.07, 6.45) is 2.30. The van der Waals surface area contributed by atoms with E-state index in [0.717, 1.165) is 25.2 Å². The van der Waals surface area contributed by atoms with E-state index in [-0.39, 0.29) is 5.75 Å². The summed E-state index contributed by atoms with van der Waals surface area (Å²) in [5.74, 6) is -0.182. The van der Waals surface area contributed by atoms with Crippen molar-refractivity contribution in [2.45, 2.75) is 18.9 Å². The van der Waals surface area contributed by atoms with E-state index < -0.39 is 5.82 Å². The van der Waals surface area contributed by atoms with Crippen molar-refractivity contribution in [2.75, 3.05) is 44.9 Å². The molecule has 1 atom stereocenters. The number of halogens is 1. The van der Waals surface area contributed by atoms with Crippen LogP contribution in [0.2, 0.25) is 0 Å². The van der Waals surface area contributed by atoms with Crippen LogP contribution < -0.4 is 15.4 Å².